The zero-order valence-electron chi connectivity index (χ0n) is 19.2. The Morgan fingerprint density at radius 3 is 2.57 bits per heavy atom. The highest BCUT2D eigenvalue weighted by Gasteiger charge is 2.19. The fraction of sp³-hybridized carbons (Fsp3) is 0.192. The van der Waals surface area contributed by atoms with E-state index in [2.05, 4.69) is 15.5 Å². The Morgan fingerprint density at radius 1 is 1.06 bits per heavy atom. The van der Waals surface area contributed by atoms with Crippen molar-refractivity contribution in [3.05, 3.63) is 101 Å². The third-order valence-corrected chi connectivity index (χ3v) is 6.23. The predicted octanol–water partition coefficient (Wildman–Crippen LogP) is 5.40. The second kappa shape index (κ2) is 11.1. The first-order valence-corrected chi connectivity index (χ1v) is 12.0. The molecule has 6 nitrogen and oxygen atoms in total. The molecular formula is C26H24F2N4O2S. The molecule has 0 saturated heterocycles. The third kappa shape index (κ3) is 6.05. The van der Waals surface area contributed by atoms with E-state index in [1.165, 1.54) is 11.8 Å². The maximum Gasteiger partial charge on any atom is 0.230 e. The van der Waals surface area contributed by atoms with Crippen molar-refractivity contribution >= 4 is 17.7 Å². The minimum Gasteiger partial charge on any atom is -0.485 e. The van der Waals surface area contributed by atoms with Crippen LogP contribution in [-0.2, 0) is 11.4 Å². The first-order chi connectivity index (χ1) is 16.9. The maximum absolute atomic E-state index is 14.0. The fourth-order valence-electron chi connectivity index (χ4n) is 3.52. The standard InChI is InChI=1S/C26H24F2N4O2S/c1-17-8-6-7-11-23(17)34-15-24-30-31-26(32(24)20-9-4-3-5-10-20)35-16-25(33)29-18(2)21-14-19(27)12-13-22(21)28/h3-14,18H,15-16H2,1-2H3,(H,29,33). The number of carbonyl (C=O) groups excluding carboxylic acids is 1. The van der Waals surface area contributed by atoms with Gasteiger partial charge < -0.3 is 10.1 Å². The highest BCUT2D eigenvalue weighted by Crippen LogP contribution is 2.25. The normalized spacial score (nSPS) is 11.8. The van der Waals surface area contributed by atoms with Gasteiger partial charge in [-0.1, -0.05) is 48.2 Å². The highest BCUT2D eigenvalue weighted by molar-refractivity contribution is 7.99. The van der Waals surface area contributed by atoms with Gasteiger partial charge in [0.05, 0.1) is 11.8 Å². The SMILES string of the molecule is Cc1ccccc1OCc1nnc(SCC(=O)NC(C)c2cc(F)ccc2F)n1-c1ccccc1. The Hall–Kier alpha value is -3.72. The molecule has 1 amide bonds. The molecule has 1 heterocycles. The number of halogens is 2. The molecule has 0 bridgehead atoms. The van der Waals surface area contributed by atoms with Gasteiger partial charge in [-0.3, -0.25) is 9.36 Å². The van der Waals surface area contributed by atoms with E-state index in [4.69, 9.17) is 4.74 Å². The lowest BCUT2D eigenvalue weighted by molar-refractivity contribution is -0.119. The monoisotopic (exact) mass is 494 g/mol. The largest absolute Gasteiger partial charge is 0.485 e. The minimum absolute atomic E-state index is 0.0187. The average Bonchev–Trinajstić information content (AvgIpc) is 3.27. The molecule has 4 rings (SSSR count). The van der Waals surface area contributed by atoms with Crippen LogP contribution in [0.5, 0.6) is 5.75 Å². The van der Waals surface area contributed by atoms with E-state index in [1.807, 2.05) is 66.1 Å². The van der Waals surface area contributed by atoms with Crippen molar-refractivity contribution in [2.24, 2.45) is 0 Å². The van der Waals surface area contributed by atoms with Crippen molar-refractivity contribution in [3.8, 4) is 11.4 Å². The fourth-order valence-corrected chi connectivity index (χ4v) is 4.30. The van der Waals surface area contributed by atoms with Gasteiger partial charge in [0.2, 0.25) is 5.91 Å². The van der Waals surface area contributed by atoms with E-state index in [1.54, 1.807) is 6.92 Å². The summed E-state index contributed by atoms with van der Waals surface area (Å²) in [5.41, 5.74) is 1.93. The van der Waals surface area contributed by atoms with E-state index in [0.717, 1.165) is 35.2 Å². The van der Waals surface area contributed by atoms with E-state index in [0.29, 0.717) is 11.0 Å². The number of nitrogens with one attached hydrogen (secondary N) is 1. The molecule has 3 aromatic carbocycles. The maximum atomic E-state index is 14.0. The summed E-state index contributed by atoms with van der Waals surface area (Å²) in [5, 5.41) is 11.8. The molecule has 0 radical (unpaired) electrons. The van der Waals surface area contributed by atoms with Crippen LogP contribution in [0.2, 0.25) is 0 Å². The van der Waals surface area contributed by atoms with Crippen LogP contribution in [0, 0.1) is 18.6 Å². The van der Waals surface area contributed by atoms with Crippen LogP contribution in [0.1, 0.15) is 29.9 Å². The number of benzene rings is 3. The van der Waals surface area contributed by atoms with Gasteiger partial charge in [0.15, 0.2) is 11.0 Å². The van der Waals surface area contributed by atoms with Crippen LogP contribution in [0.3, 0.4) is 0 Å². The average molecular weight is 495 g/mol. The third-order valence-electron chi connectivity index (χ3n) is 5.30. The summed E-state index contributed by atoms with van der Waals surface area (Å²) in [6.45, 7) is 3.76. The summed E-state index contributed by atoms with van der Waals surface area (Å²) in [7, 11) is 0. The molecule has 180 valence electrons. The van der Waals surface area contributed by atoms with Crippen molar-refractivity contribution in [2.45, 2.75) is 31.7 Å². The van der Waals surface area contributed by atoms with Crippen molar-refractivity contribution in [3.63, 3.8) is 0 Å². The molecule has 1 unspecified atom stereocenters. The summed E-state index contributed by atoms with van der Waals surface area (Å²) in [5.74, 6) is -0.126. The number of nitrogens with zero attached hydrogens (tertiary/aromatic N) is 3. The lowest BCUT2D eigenvalue weighted by Gasteiger charge is -2.15. The molecule has 1 N–H and O–H groups in total. The van der Waals surface area contributed by atoms with Gasteiger partial charge in [0.1, 0.15) is 24.0 Å². The molecule has 0 saturated carbocycles. The summed E-state index contributed by atoms with van der Waals surface area (Å²) in [6, 6.07) is 19.7. The Morgan fingerprint density at radius 2 is 1.80 bits per heavy atom. The number of ether oxygens (including phenoxy) is 1. The lowest BCUT2D eigenvalue weighted by Crippen LogP contribution is -2.29. The number of amides is 1. The number of hydrogen-bond acceptors (Lipinski definition) is 5. The molecule has 1 aromatic heterocycles. The van der Waals surface area contributed by atoms with Crippen molar-refractivity contribution in [1.82, 2.24) is 20.1 Å². The number of para-hydroxylation sites is 2. The van der Waals surface area contributed by atoms with Gasteiger partial charge in [0, 0.05) is 11.3 Å². The number of carbonyl (C=O) groups is 1. The van der Waals surface area contributed by atoms with Crippen LogP contribution >= 0.6 is 11.8 Å². The van der Waals surface area contributed by atoms with Crippen LogP contribution < -0.4 is 10.1 Å². The second-order valence-electron chi connectivity index (χ2n) is 7.87. The first-order valence-electron chi connectivity index (χ1n) is 11.0. The van der Waals surface area contributed by atoms with Crippen molar-refractivity contribution in [1.29, 1.82) is 0 Å². The summed E-state index contributed by atoms with van der Waals surface area (Å²) in [4.78, 5) is 12.6. The van der Waals surface area contributed by atoms with Crippen LogP contribution in [-0.4, -0.2) is 26.4 Å². The molecule has 0 aliphatic heterocycles. The van der Waals surface area contributed by atoms with Crippen LogP contribution in [0.4, 0.5) is 8.78 Å². The van der Waals surface area contributed by atoms with Gasteiger partial charge in [-0.25, -0.2) is 8.78 Å². The van der Waals surface area contributed by atoms with Crippen LogP contribution in [0.25, 0.3) is 5.69 Å². The zero-order valence-corrected chi connectivity index (χ0v) is 20.1. The van der Waals surface area contributed by atoms with Crippen molar-refractivity contribution < 1.29 is 18.3 Å². The number of hydrogen-bond donors (Lipinski definition) is 1. The van der Waals surface area contributed by atoms with Gasteiger partial charge >= 0.3 is 0 Å². The van der Waals surface area contributed by atoms with Gasteiger partial charge in [-0.2, -0.15) is 0 Å². The van der Waals surface area contributed by atoms with E-state index >= 15 is 0 Å². The highest BCUT2D eigenvalue weighted by atomic mass is 32.2. The molecule has 0 spiro atoms. The Labute approximate surface area is 206 Å². The van der Waals surface area contributed by atoms with Crippen molar-refractivity contribution in [2.75, 3.05) is 5.75 Å². The second-order valence-corrected chi connectivity index (χ2v) is 8.81. The topological polar surface area (TPSA) is 69.0 Å². The molecule has 4 aromatic rings. The minimum atomic E-state index is -0.691. The summed E-state index contributed by atoms with van der Waals surface area (Å²) in [6.07, 6.45) is 0. The Kier molecular flexibility index (Phi) is 7.77. The Bertz CT molecular complexity index is 1310. The molecule has 1 atom stereocenters. The number of aryl methyl sites for hydroxylation is 1. The molecular weight excluding hydrogens is 470 g/mol. The molecule has 0 fully saturated rings. The number of thioether (sulfide) groups is 1. The number of aromatic nitrogens is 3. The summed E-state index contributed by atoms with van der Waals surface area (Å²) < 4.78 is 35.3. The smallest absolute Gasteiger partial charge is 0.230 e. The quantitative estimate of drug-likeness (QED) is 0.316. The van der Waals surface area contributed by atoms with Gasteiger partial charge in [0.25, 0.3) is 0 Å². The zero-order chi connectivity index (χ0) is 24.8. The molecule has 35 heavy (non-hydrogen) atoms. The first kappa shape index (κ1) is 24.4. The van der Waals surface area contributed by atoms with E-state index < -0.39 is 17.7 Å². The number of rotatable bonds is 9. The van der Waals surface area contributed by atoms with Gasteiger partial charge in [-0.15, -0.1) is 10.2 Å². The summed E-state index contributed by atoms with van der Waals surface area (Å²) >= 11 is 1.19. The molecule has 0 aliphatic carbocycles. The Balaban J connectivity index is 1.47. The van der Waals surface area contributed by atoms with E-state index in [-0.39, 0.29) is 23.8 Å². The van der Waals surface area contributed by atoms with E-state index in [9.17, 15) is 13.6 Å². The molecule has 9 heteroatoms. The lowest BCUT2D eigenvalue weighted by atomic mass is 10.1. The van der Waals surface area contributed by atoms with Crippen LogP contribution in [0.15, 0.2) is 78.0 Å². The molecule has 0 aliphatic rings. The predicted molar refractivity (Wildman–Crippen MR) is 131 cm³/mol. The van der Waals surface area contributed by atoms with Gasteiger partial charge in [-0.05, 0) is 55.8 Å².